The lowest BCUT2D eigenvalue weighted by Gasteiger charge is -2.43. The number of hydrogen-bond donors (Lipinski definition) is 0. The highest BCUT2D eigenvalue weighted by Gasteiger charge is 2.44. The van der Waals surface area contributed by atoms with Gasteiger partial charge in [-0.3, -0.25) is 14.4 Å². The monoisotopic (exact) mass is 371 g/mol. The molecule has 0 amide bonds. The highest BCUT2D eigenvalue weighted by molar-refractivity contribution is 5.83. The van der Waals surface area contributed by atoms with Gasteiger partial charge in [0.25, 0.3) is 11.9 Å². The van der Waals surface area contributed by atoms with Gasteiger partial charge >= 0.3 is 5.97 Å². The maximum atomic E-state index is 12.4. The van der Waals surface area contributed by atoms with Gasteiger partial charge in [0, 0.05) is 6.54 Å². The molecule has 3 atom stereocenters. The summed E-state index contributed by atoms with van der Waals surface area (Å²) in [6.07, 6.45) is 0.0744. The van der Waals surface area contributed by atoms with Crippen LogP contribution in [0.15, 0.2) is 0 Å². The fourth-order valence-corrected chi connectivity index (χ4v) is 3.06. The van der Waals surface area contributed by atoms with Crippen LogP contribution in [0.3, 0.4) is 0 Å². The molecule has 0 saturated carbocycles. The van der Waals surface area contributed by atoms with E-state index >= 15 is 0 Å². The van der Waals surface area contributed by atoms with Crippen molar-refractivity contribution < 1.29 is 28.6 Å². The molecule has 0 saturated heterocycles. The molecule has 0 aromatic rings. The fraction of sp³-hybridized carbons (Fsp3) is 0.737. The Morgan fingerprint density at radius 3 is 1.65 bits per heavy atom. The maximum Gasteiger partial charge on any atom is 0.311 e. The van der Waals surface area contributed by atoms with Gasteiger partial charge in [0.1, 0.15) is 6.61 Å². The number of likely N-dealkylation sites (N-methyl/N-ethyl adjacent to an activating group) is 1. The predicted octanol–water partition coefficient (Wildman–Crippen LogP) is 1.90. The number of esters is 3. The van der Waals surface area contributed by atoms with Gasteiger partial charge in [-0.1, -0.05) is 24.7 Å². The molecule has 0 fully saturated rings. The zero-order chi connectivity index (χ0) is 20.8. The minimum absolute atomic E-state index is 0.0371. The first-order chi connectivity index (χ1) is 11.7. The third-order valence-corrected chi connectivity index (χ3v) is 4.18. The molecule has 0 aliphatic carbocycles. The van der Waals surface area contributed by atoms with E-state index in [2.05, 4.69) is 13.8 Å². The van der Waals surface area contributed by atoms with Gasteiger partial charge in [0.15, 0.2) is 0 Å². The van der Waals surface area contributed by atoms with Gasteiger partial charge in [-0.2, -0.15) is 0 Å². The molecule has 0 heterocycles. The first kappa shape index (κ1) is 24.4. The van der Waals surface area contributed by atoms with E-state index in [1.807, 2.05) is 19.0 Å². The van der Waals surface area contributed by atoms with E-state index in [0.29, 0.717) is 6.54 Å². The third-order valence-electron chi connectivity index (χ3n) is 4.18. The van der Waals surface area contributed by atoms with E-state index in [4.69, 9.17) is 14.2 Å². The van der Waals surface area contributed by atoms with Crippen molar-refractivity contribution in [3.05, 3.63) is 13.8 Å². The Balaban J connectivity index is 5.39. The molecule has 0 aromatic carbocycles. The summed E-state index contributed by atoms with van der Waals surface area (Å²) < 4.78 is 14.9. The van der Waals surface area contributed by atoms with Crippen molar-refractivity contribution in [2.45, 2.75) is 33.6 Å². The summed E-state index contributed by atoms with van der Waals surface area (Å²) in [5, 5.41) is 0. The minimum atomic E-state index is -1.19. The first-order valence-corrected chi connectivity index (χ1v) is 8.41. The lowest BCUT2D eigenvalue weighted by atomic mass is 9.66. The van der Waals surface area contributed by atoms with Crippen molar-refractivity contribution in [1.29, 1.82) is 0 Å². The second kappa shape index (κ2) is 9.35. The van der Waals surface area contributed by atoms with E-state index in [0.717, 1.165) is 0 Å². The third kappa shape index (κ3) is 6.94. The fourth-order valence-electron chi connectivity index (χ4n) is 3.06. The molecule has 7 nitrogen and oxygen atoms in total. The van der Waals surface area contributed by atoms with Gasteiger partial charge < -0.3 is 33.0 Å². The predicted molar refractivity (Wildman–Crippen MR) is 97.8 cm³/mol. The average molecular weight is 371 g/mol. The van der Waals surface area contributed by atoms with Crippen LogP contribution in [-0.2, 0) is 28.6 Å². The molecule has 0 aromatic heterocycles. The smallest absolute Gasteiger partial charge is 0.311 e. The molecule has 0 radical (unpaired) electrons. The topological polar surface area (TPSA) is 82.1 Å². The number of nitrogens with zero attached hydrogens (tertiary/aromatic N) is 1. The second-order valence-electron chi connectivity index (χ2n) is 7.96. The molecule has 0 rings (SSSR count). The average Bonchev–Trinajstić information content (AvgIpc) is 2.51. The summed E-state index contributed by atoms with van der Waals surface area (Å²) in [5.74, 6) is -1.61. The Morgan fingerprint density at radius 1 is 0.846 bits per heavy atom. The summed E-state index contributed by atoms with van der Waals surface area (Å²) in [4.78, 5) is 38.7. The standard InChI is InChI=1S/C19H33NO6/c1-17(2,14(21)24-8)12-19(5,16(23)25-9)13-18(3,4)15(22)26-11-10-20(6)7/h1,3,10-13H2,2,4-9H3/q-2. The SMILES string of the molecule is [CH2-]C(C)(CC(C)(CC([CH2-])(C)C(=O)OCCN(C)C)C(=O)OC)C(=O)OC. The number of carbonyl (C=O) groups excluding carboxylic acids is 3. The summed E-state index contributed by atoms with van der Waals surface area (Å²) in [7, 11) is 6.25. The van der Waals surface area contributed by atoms with Crippen LogP contribution in [0.1, 0.15) is 33.6 Å². The number of rotatable bonds is 10. The summed E-state index contributed by atoms with van der Waals surface area (Å²) >= 11 is 0. The van der Waals surface area contributed by atoms with Crippen molar-refractivity contribution in [2.24, 2.45) is 16.2 Å². The van der Waals surface area contributed by atoms with Crippen LogP contribution in [0.25, 0.3) is 0 Å². The van der Waals surface area contributed by atoms with Crippen molar-refractivity contribution in [3.8, 4) is 0 Å². The number of carbonyl (C=O) groups is 3. The molecule has 152 valence electrons. The first-order valence-electron chi connectivity index (χ1n) is 8.41. The number of methoxy groups -OCH3 is 2. The van der Waals surface area contributed by atoms with Crippen LogP contribution >= 0.6 is 0 Å². The van der Waals surface area contributed by atoms with Crippen LogP contribution in [0.4, 0.5) is 0 Å². The molecular weight excluding hydrogens is 338 g/mol. The Kier molecular flexibility index (Phi) is 8.76. The van der Waals surface area contributed by atoms with Gasteiger partial charge in [-0.05, 0) is 33.9 Å². The highest BCUT2D eigenvalue weighted by Crippen LogP contribution is 2.43. The van der Waals surface area contributed by atoms with E-state index in [1.165, 1.54) is 14.2 Å². The molecule has 26 heavy (non-hydrogen) atoms. The molecule has 7 heteroatoms. The quantitative estimate of drug-likeness (QED) is 0.329. The van der Waals surface area contributed by atoms with Gasteiger partial charge in [0.2, 0.25) is 0 Å². The summed E-state index contributed by atoms with van der Waals surface area (Å²) in [5.41, 5.74) is -3.54. The number of ether oxygens (including phenoxy) is 3. The summed E-state index contributed by atoms with van der Waals surface area (Å²) in [6, 6.07) is 0. The Morgan fingerprint density at radius 2 is 1.27 bits per heavy atom. The van der Waals surface area contributed by atoms with E-state index in [9.17, 15) is 14.4 Å². The normalized spacial score (nSPS) is 18.2. The molecular formula is C19H33NO6-2. The van der Waals surface area contributed by atoms with E-state index in [-0.39, 0.29) is 19.4 Å². The zero-order valence-electron chi connectivity index (χ0n) is 17.1. The highest BCUT2D eigenvalue weighted by atomic mass is 16.5. The van der Waals surface area contributed by atoms with E-state index < -0.39 is 34.2 Å². The van der Waals surface area contributed by atoms with Gasteiger partial charge in [-0.15, -0.1) is 0 Å². The Labute approximate surface area is 157 Å². The van der Waals surface area contributed by atoms with Crippen molar-refractivity contribution in [1.82, 2.24) is 4.90 Å². The number of hydrogen-bond acceptors (Lipinski definition) is 7. The summed E-state index contributed by atoms with van der Waals surface area (Å²) in [6.45, 7) is 13.4. The van der Waals surface area contributed by atoms with Crippen LogP contribution in [0, 0.1) is 30.1 Å². The van der Waals surface area contributed by atoms with Crippen LogP contribution in [0.2, 0.25) is 0 Å². The van der Waals surface area contributed by atoms with Gasteiger partial charge in [-0.25, -0.2) is 0 Å². The van der Waals surface area contributed by atoms with Gasteiger partial charge in [0.05, 0.1) is 19.6 Å². The van der Waals surface area contributed by atoms with Crippen LogP contribution in [-0.4, -0.2) is 64.3 Å². The maximum absolute atomic E-state index is 12.4. The van der Waals surface area contributed by atoms with Crippen molar-refractivity contribution in [3.63, 3.8) is 0 Å². The molecule has 0 spiro atoms. The van der Waals surface area contributed by atoms with Crippen molar-refractivity contribution in [2.75, 3.05) is 41.5 Å². The second-order valence-corrected chi connectivity index (χ2v) is 7.96. The Bertz CT molecular complexity index is 512. The largest absolute Gasteiger partial charge is 0.471 e. The van der Waals surface area contributed by atoms with E-state index in [1.54, 1.807) is 20.8 Å². The lowest BCUT2D eigenvalue weighted by Crippen LogP contribution is -2.43. The zero-order valence-corrected chi connectivity index (χ0v) is 17.1. The molecule has 0 N–H and O–H groups in total. The lowest BCUT2D eigenvalue weighted by molar-refractivity contribution is -0.163. The van der Waals surface area contributed by atoms with Crippen LogP contribution < -0.4 is 0 Å². The minimum Gasteiger partial charge on any atom is -0.471 e. The Hall–Kier alpha value is -1.63. The molecule has 3 unspecified atom stereocenters. The van der Waals surface area contributed by atoms with Crippen molar-refractivity contribution >= 4 is 17.9 Å². The molecule has 0 aliphatic rings. The van der Waals surface area contributed by atoms with Crippen LogP contribution in [0.5, 0.6) is 0 Å². The molecule has 0 aliphatic heterocycles. The molecule has 0 bridgehead atoms.